The lowest BCUT2D eigenvalue weighted by Crippen LogP contribution is -2.24. The minimum Gasteiger partial charge on any atom is -0.504 e. The van der Waals surface area contributed by atoms with Crippen LogP contribution in [0.4, 0.5) is 0 Å². The predicted molar refractivity (Wildman–Crippen MR) is 99.6 cm³/mol. The number of pyridine rings is 1. The van der Waals surface area contributed by atoms with Gasteiger partial charge in [-0.25, -0.2) is 4.98 Å². The minimum absolute atomic E-state index is 0.172. The van der Waals surface area contributed by atoms with Crippen molar-refractivity contribution in [2.45, 2.75) is 37.9 Å². The van der Waals surface area contributed by atoms with Crippen LogP contribution in [0.5, 0.6) is 5.75 Å². The minimum atomic E-state index is -0.172. The molecule has 23 heavy (non-hydrogen) atoms. The van der Waals surface area contributed by atoms with Crippen molar-refractivity contribution in [1.82, 2.24) is 14.5 Å². The largest absolute Gasteiger partial charge is 0.504 e. The molecule has 3 aromatic heterocycles. The van der Waals surface area contributed by atoms with E-state index in [9.17, 15) is 5.11 Å². The summed E-state index contributed by atoms with van der Waals surface area (Å²) in [4.78, 5) is 9.77. The van der Waals surface area contributed by atoms with Gasteiger partial charge < -0.3 is 9.67 Å². The summed E-state index contributed by atoms with van der Waals surface area (Å²) in [6.07, 6.45) is 4.42. The standard InChI is InChI=1S/C17H21N3OS2/c1-10(22)8-17(2,3)14-13(21)12-16(20(14)4)23-15(19-12)11-6-5-7-18-9-11/h5-7,9-10,21-22H,8H2,1-4H3. The van der Waals surface area contributed by atoms with E-state index in [1.54, 1.807) is 23.7 Å². The molecule has 0 aromatic carbocycles. The van der Waals surface area contributed by atoms with Crippen molar-refractivity contribution in [2.24, 2.45) is 7.05 Å². The van der Waals surface area contributed by atoms with Gasteiger partial charge in [0.1, 0.15) is 15.4 Å². The SMILES string of the molecule is CC(S)CC(C)(C)c1c(O)c2nc(-c3cccnc3)sc2n1C. The summed E-state index contributed by atoms with van der Waals surface area (Å²) in [5.74, 6) is 0.285. The zero-order valence-electron chi connectivity index (χ0n) is 13.7. The quantitative estimate of drug-likeness (QED) is 0.688. The first kappa shape index (κ1) is 16.3. The molecule has 3 heterocycles. The lowest BCUT2D eigenvalue weighted by atomic mass is 9.84. The number of nitrogens with zero attached hydrogens (tertiary/aromatic N) is 3. The van der Waals surface area contributed by atoms with E-state index in [1.165, 1.54) is 0 Å². The summed E-state index contributed by atoms with van der Waals surface area (Å²) >= 11 is 6.09. The zero-order chi connectivity index (χ0) is 16.8. The molecule has 1 N–H and O–H groups in total. The summed E-state index contributed by atoms with van der Waals surface area (Å²) in [7, 11) is 1.99. The van der Waals surface area contributed by atoms with Crippen LogP contribution in [0, 0.1) is 0 Å². The number of fused-ring (bicyclic) bond motifs is 1. The van der Waals surface area contributed by atoms with Crippen molar-refractivity contribution in [2.75, 3.05) is 0 Å². The number of aryl methyl sites for hydroxylation is 1. The zero-order valence-corrected chi connectivity index (χ0v) is 15.4. The highest BCUT2D eigenvalue weighted by Crippen LogP contribution is 2.44. The number of aromatic nitrogens is 3. The van der Waals surface area contributed by atoms with Crippen LogP contribution < -0.4 is 0 Å². The highest BCUT2D eigenvalue weighted by Gasteiger charge is 2.32. The van der Waals surface area contributed by atoms with Crippen molar-refractivity contribution < 1.29 is 5.11 Å². The molecular formula is C17H21N3OS2. The van der Waals surface area contributed by atoms with Gasteiger partial charge in [-0.1, -0.05) is 32.1 Å². The van der Waals surface area contributed by atoms with E-state index >= 15 is 0 Å². The summed E-state index contributed by atoms with van der Waals surface area (Å²) < 4.78 is 2.07. The van der Waals surface area contributed by atoms with E-state index in [4.69, 9.17) is 0 Å². The van der Waals surface area contributed by atoms with E-state index in [1.807, 2.05) is 19.2 Å². The highest BCUT2D eigenvalue weighted by atomic mass is 32.1. The molecule has 122 valence electrons. The molecule has 6 heteroatoms. The number of hydrogen-bond donors (Lipinski definition) is 2. The number of aromatic hydroxyl groups is 1. The van der Waals surface area contributed by atoms with Crippen LogP contribution in [0.3, 0.4) is 0 Å². The van der Waals surface area contributed by atoms with E-state index in [0.29, 0.717) is 5.52 Å². The van der Waals surface area contributed by atoms with Gasteiger partial charge in [0.15, 0.2) is 5.75 Å². The fourth-order valence-electron chi connectivity index (χ4n) is 3.29. The van der Waals surface area contributed by atoms with Gasteiger partial charge in [0.05, 0.1) is 5.69 Å². The monoisotopic (exact) mass is 347 g/mol. The summed E-state index contributed by atoms with van der Waals surface area (Å²) in [6, 6.07) is 3.87. The molecule has 3 rings (SSSR count). The molecule has 0 fully saturated rings. The van der Waals surface area contributed by atoms with Crippen LogP contribution in [0.2, 0.25) is 0 Å². The second kappa shape index (κ2) is 5.83. The van der Waals surface area contributed by atoms with Gasteiger partial charge in [-0.15, -0.1) is 0 Å². The Labute approximate surface area is 145 Å². The first-order chi connectivity index (χ1) is 10.8. The number of thiazole rings is 1. The molecule has 0 spiro atoms. The third-order valence-corrected chi connectivity index (χ3v) is 5.42. The molecular weight excluding hydrogens is 326 g/mol. The molecule has 0 bridgehead atoms. The smallest absolute Gasteiger partial charge is 0.164 e. The summed E-state index contributed by atoms with van der Waals surface area (Å²) in [5, 5.41) is 11.9. The maximum absolute atomic E-state index is 10.8. The van der Waals surface area contributed by atoms with Crippen molar-refractivity contribution in [3.05, 3.63) is 30.2 Å². The number of thiol groups is 1. The van der Waals surface area contributed by atoms with E-state index in [2.05, 4.69) is 47.9 Å². The highest BCUT2D eigenvalue weighted by molar-refractivity contribution is 7.80. The molecule has 0 saturated carbocycles. The second-order valence-electron chi connectivity index (χ2n) is 6.61. The maximum atomic E-state index is 10.8. The second-order valence-corrected chi connectivity index (χ2v) is 8.47. The Morgan fingerprint density at radius 1 is 1.43 bits per heavy atom. The van der Waals surface area contributed by atoms with Gasteiger partial charge in [-0.05, 0) is 23.8 Å². The van der Waals surface area contributed by atoms with Gasteiger partial charge in [0.2, 0.25) is 0 Å². The fraction of sp³-hybridized carbons (Fsp3) is 0.412. The molecule has 3 aromatic rings. The number of hydrogen-bond acceptors (Lipinski definition) is 5. The molecule has 1 atom stereocenters. The van der Waals surface area contributed by atoms with E-state index in [0.717, 1.165) is 27.5 Å². The maximum Gasteiger partial charge on any atom is 0.164 e. The van der Waals surface area contributed by atoms with Crippen LogP contribution in [0.1, 0.15) is 32.9 Å². The Morgan fingerprint density at radius 3 is 2.74 bits per heavy atom. The van der Waals surface area contributed by atoms with Crippen LogP contribution in [0.25, 0.3) is 20.9 Å². The molecule has 0 saturated heterocycles. The third kappa shape index (κ3) is 2.85. The topological polar surface area (TPSA) is 50.9 Å². The first-order valence-corrected chi connectivity index (χ1v) is 8.91. The molecule has 0 amide bonds. The van der Waals surface area contributed by atoms with Gasteiger partial charge >= 0.3 is 0 Å². The Kier molecular flexibility index (Phi) is 4.14. The fourth-order valence-corrected chi connectivity index (χ4v) is 4.77. The van der Waals surface area contributed by atoms with Gasteiger partial charge in [0.25, 0.3) is 0 Å². The average molecular weight is 348 g/mol. The Morgan fingerprint density at radius 2 is 2.17 bits per heavy atom. The lowest BCUT2D eigenvalue weighted by molar-refractivity contribution is 0.406. The summed E-state index contributed by atoms with van der Waals surface area (Å²) in [6.45, 7) is 6.35. The van der Waals surface area contributed by atoms with Crippen molar-refractivity contribution >= 4 is 34.3 Å². The van der Waals surface area contributed by atoms with Crippen molar-refractivity contribution in [1.29, 1.82) is 0 Å². The predicted octanol–water partition coefficient (Wildman–Crippen LogP) is 4.39. The molecule has 4 nitrogen and oxygen atoms in total. The van der Waals surface area contributed by atoms with Gasteiger partial charge in [-0.2, -0.15) is 12.6 Å². The molecule has 0 aliphatic carbocycles. The average Bonchev–Trinajstić information content (AvgIpc) is 2.99. The van der Waals surface area contributed by atoms with Crippen LogP contribution in [-0.2, 0) is 12.5 Å². The van der Waals surface area contributed by atoms with Gasteiger partial charge in [0, 0.05) is 30.4 Å². The normalized spacial score (nSPS) is 13.6. The number of rotatable bonds is 4. The molecule has 0 aliphatic heterocycles. The summed E-state index contributed by atoms with van der Waals surface area (Å²) in [5.41, 5.74) is 2.39. The Balaban J connectivity index is 2.12. The molecule has 1 unspecified atom stereocenters. The van der Waals surface area contributed by atoms with Crippen molar-refractivity contribution in [3.8, 4) is 16.3 Å². The van der Waals surface area contributed by atoms with E-state index in [-0.39, 0.29) is 16.4 Å². The third-order valence-electron chi connectivity index (χ3n) is 4.05. The van der Waals surface area contributed by atoms with Crippen LogP contribution in [-0.4, -0.2) is 24.9 Å². The first-order valence-electron chi connectivity index (χ1n) is 7.58. The lowest BCUT2D eigenvalue weighted by Gasteiger charge is -2.27. The molecule has 0 radical (unpaired) electrons. The van der Waals surface area contributed by atoms with E-state index < -0.39 is 0 Å². The van der Waals surface area contributed by atoms with Crippen molar-refractivity contribution in [3.63, 3.8) is 0 Å². The van der Waals surface area contributed by atoms with Gasteiger partial charge in [-0.3, -0.25) is 4.98 Å². The molecule has 0 aliphatic rings. The van der Waals surface area contributed by atoms with Crippen LogP contribution in [0.15, 0.2) is 24.5 Å². The Hall–Kier alpha value is -1.53. The Bertz CT molecular complexity index is 797. The van der Waals surface area contributed by atoms with Crippen LogP contribution >= 0.6 is 24.0 Å².